The van der Waals surface area contributed by atoms with E-state index in [1.807, 2.05) is 82.3 Å². The number of hydrogen-bond acceptors (Lipinski definition) is 4. The summed E-state index contributed by atoms with van der Waals surface area (Å²) in [5.74, 6) is -0.807. The van der Waals surface area contributed by atoms with Gasteiger partial charge in [0.05, 0.1) is 10.6 Å². The number of anilines is 1. The third kappa shape index (κ3) is 8.74. The number of rotatable bonds is 13. The molecule has 0 fully saturated rings. The van der Waals surface area contributed by atoms with E-state index >= 15 is 0 Å². The molecule has 0 unspecified atom stereocenters. The van der Waals surface area contributed by atoms with E-state index in [0.717, 1.165) is 26.6 Å². The summed E-state index contributed by atoms with van der Waals surface area (Å²) in [6, 6.07) is 29.0. The van der Waals surface area contributed by atoms with Crippen molar-refractivity contribution in [3.63, 3.8) is 0 Å². The van der Waals surface area contributed by atoms with Crippen LogP contribution >= 0.6 is 11.6 Å². The van der Waals surface area contributed by atoms with Gasteiger partial charge in [-0.1, -0.05) is 90.8 Å². The lowest BCUT2D eigenvalue weighted by Crippen LogP contribution is -2.54. The van der Waals surface area contributed by atoms with Crippen LogP contribution in [0, 0.1) is 13.8 Å². The predicted molar refractivity (Wildman–Crippen MR) is 181 cm³/mol. The van der Waals surface area contributed by atoms with Crippen LogP contribution in [0.2, 0.25) is 5.02 Å². The van der Waals surface area contributed by atoms with Gasteiger partial charge in [0.25, 0.3) is 10.0 Å². The summed E-state index contributed by atoms with van der Waals surface area (Å²) < 4.78 is 29.3. The Kier molecular flexibility index (Phi) is 11.4. The third-order valence-corrected chi connectivity index (χ3v) is 9.92. The van der Waals surface area contributed by atoms with Crippen molar-refractivity contribution in [1.29, 1.82) is 0 Å². The highest BCUT2D eigenvalue weighted by molar-refractivity contribution is 7.92. The van der Waals surface area contributed by atoms with Crippen molar-refractivity contribution >= 4 is 39.1 Å². The number of nitrogens with zero attached hydrogens (tertiary/aromatic N) is 2. The van der Waals surface area contributed by atoms with Crippen molar-refractivity contribution in [2.45, 2.75) is 64.1 Å². The van der Waals surface area contributed by atoms with Gasteiger partial charge >= 0.3 is 0 Å². The van der Waals surface area contributed by atoms with Crippen molar-refractivity contribution in [3.8, 4) is 0 Å². The summed E-state index contributed by atoms with van der Waals surface area (Å²) in [7, 11) is -4.18. The second-order valence-electron chi connectivity index (χ2n) is 11.3. The fourth-order valence-electron chi connectivity index (χ4n) is 4.94. The molecule has 0 heterocycles. The predicted octanol–water partition coefficient (Wildman–Crippen LogP) is 6.71. The first-order chi connectivity index (χ1) is 21.5. The Morgan fingerprint density at radius 1 is 0.844 bits per heavy atom. The Labute approximate surface area is 271 Å². The number of sulfonamides is 1. The Morgan fingerprint density at radius 3 is 2.09 bits per heavy atom. The summed E-state index contributed by atoms with van der Waals surface area (Å²) in [5.41, 5.74) is 3.89. The molecular weight excluding hydrogens is 606 g/mol. The standard InChI is InChI=1S/C36H40ClN3O4S/c1-5-28(4)38-36(42)34(23-29-12-7-6-8-13-29)39(24-30-14-10-9-11-27(30)3)35(41)25-40(32-19-17-31(37)18-20-32)45(43,44)33-21-15-26(2)16-22-33/h6-22,28,34H,5,23-25H2,1-4H3,(H,38,42)/t28-,34-/m1/s1. The van der Waals surface area contributed by atoms with Gasteiger partial charge in [-0.25, -0.2) is 8.42 Å². The molecule has 2 atom stereocenters. The first-order valence-electron chi connectivity index (χ1n) is 15.0. The van der Waals surface area contributed by atoms with E-state index in [1.165, 1.54) is 17.0 Å². The Hall–Kier alpha value is -4.14. The Morgan fingerprint density at radius 2 is 1.47 bits per heavy atom. The zero-order valence-corrected chi connectivity index (χ0v) is 27.7. The smallest absolute Gasteiger partial charge is 0.264 e. The SMILES string of the molecule is CC[C@@H](C)NC(=O)[C@@H](Cc1ccccc1)N(Cc1ccccc1C)C(=O)CN(c1ccc(Cl)cc1)S(=O)(=O)c1ccc(C)cc1. The fourth-order valence-corrected chi connectivity index (χ4v) is 6.48. The van der Waals surface area contributed by atoms with Gasteiger partial charge in [-0.15, -0.1) is 0 Å². The molecule has 0 saturated heterocycles. The molecule has 0 aliphatic rings. The maximum Gasteiger partial charge on any atom is 0.264 e. The second-order valence-corrected chi connectivity index (χ2v) is 13.6. The van der Waals surface area contributed by atoms with E-state index in [0.29, 0.717) is 11.4 Å². The molecule has 0 aliphatic heterocycles. The highest BCUT2D eigenvalue weighted by Crippen LogP contribution is 2.27. The average Bonchev–Trinajstić information content (AvgIpc) is 3.03. The lowest BCUT2D eigenvalue weighted by Gasteiger charge is -2.34. The van der Waals surface area contributed by atoms with Crippen LogP contribution < -0.4 is 9.62 Å². The Bertz CT molecular complexity index is 1690. The molecule has 4 rings (SSSR count). The molecule has 236 valence electrons. The number of amides is 2. The summed E-state index contributed by atoms with van der Waals surface area (Å²) in [6.45, 7) is 7.32. The van der Waals surface area contributed by atoms with E-state index in [2.05, 4.69) is 5.32 Å². The van der Waals surface area contributed by atoms with Gasteiger partial charge in [0.2, 0.25) is 11.8 Å². The normalized spacial score (nSPS) is 12.6. The maximum absolute atomic E-state index is 14.5. The van der Waals surface area contributed by atoms with Crippen LogP contribution in [0.25, 0.3) is 0 Å². The van der Waals surface area contributed by atoms with E-state index in [4.69, 9.17) is 11.6 Å². The van der Waals surface area contributed by atoms with Gasteiger partial charge in [0, 0.05) is 24.0 Å². The largest absolute Gasteiger partial charge is 0.352 e. The average molecular weight is 646 g/mol. The van der Waals surface area contributed by atoms with Crippen LogP contribution in [0.3, 0.4) is 0 Å². The monoisotopic (exact) mass is 645 g/mol. The van der Waals surface area contributed by atoms with Crippen LogP contribution in [0.4, 0.5) is 5.69 Å². The van der Waals surface area contributed by atoms with Crippen molar-refractivity contribution < 1.29 is 18.0 Å². The van der Waals surface area contributed by atoms with Gasteiger partial charge in [-0.2, -0.15) is 0 Å². The zero-order chi connectivity index (χ0) is 32.6. The first-order valence-corrected chi connectivity index (χ1v) is 16.8. The number of carbonyl (C=O) groups excluding carboxylic acids is 2. The van der Waals surface area contributed by atoms with E-state index in [1.54, 1.807) is 36.4 Å². The first kappa shape index (κ1) is 33.7. The molecule has 4 aromatic carbocycles. The molecule has 0 spiro atoms. The molecule has 1 N–H and O–H groups in total. The maximum atomic E-state index is 14.5. The summed E-state index contributed by atoms with van der Waals surface area (Å²) in [6.07, 6.45) is 0.973. The highest BCUT2D eigenvalue weighted by Gasteiger charge is 2.35. The molecule has 0 bridgehead atoms. The topological polar surface area (TPSA) is 86.8 Å². The quantitative estimate of drug-likeness (QED) is 0.175. The number of nitrogens with one attached hydrogen (secondary N) is 1. The van der Waals surface area contributed by atoms with Gasteiger partial charge in [-0.3, -0.25) is 13.9 Å². The number of halogens is 1. The van der Waals surface area contributed by atoms with E-state index in [-0.39, 0.29) is 35.5 Å². The minimum atomic E-state index is -4.18. The molecule has 0 aliphatic carbocycles. The summed E-state index contributed by atoms with van der Waals surface area (Å²) in [5, 5.41) is 3.49. The summed E-state index contributed by atoms with van der Waals surface area (Å²) >= 11 is 6.15. The number of hydrogen-bond donors (Lipinski definition) is 1. The van der Waals surface area contributed by atoms with Crippen LogP contribution in [0.1, 0.15) is 42.5 Å². The van der Waals surface area contributed by atoms with Crippen LogP contribution in [0.15, 0.2) is 108 Å². The Balaban J connectivity index is 1.81. The lowest BCUT2D eigenvalue weighted by atomic mass is 10.0. The minimum Gasteiger partial charge on any atom is -0.352 e. The number of carbonyl (C=O) groups is 2. The van der Waals surface area contributed by atoms with Crippen LogP contribution in [-0.4, -0.2) is 43.8 Å². The molecule has 7 nitrogen and oxygen atoms in total. The second kappa shape index (κ2) is 15.2. The van der Waals surface area contributed by atoms with Gasteiger partial charge in [-0.05, 0) is 80.3 Å². The molecule has 0 aromatic heterocycles. The summed E-state index contributed by atoms with van der Waals surface area (Å²) in [4.78, 5) is 30.0. The zero-order valence-electron chi connectivity index (χ0n) is 26.1. The van der Waals surface area contributed by atoms with E-state index in [9.17, 15) is 18.0 Å². The molecule has 2 amide bonds. The molecule has 4 aromatic rings. The molecule has 0 saturated carbocycles. The van der Waals surface area contributed by atoms with Crippen LogP contribution in [0.5, 0.6) is 0 Å². The third-order valence-electron chi connectivity index (χ3n) is 7.88. The van der Waals surface area contributed by atoms with Crippen molar-refractivity contribution in [1.82, 2.24) is 10.2 Å². The number of aryl methyl sites for hydroxylation is 2. The number of benzene rings is 4. The van der Waals surface area contributed by atoms with Crippen molar-refractivity contribution in [2.24, 2.45) is 0 Å². The van der Waals surface area contributed by atoms with Gasteiger partial charge < -0.3 is 10.2 Å². The van der Waals surface area contributed by atoms with Crippen molar-refractivity contribution in [2.75, 3.05) is 10.8 Å². The molecule has 45 heavy (non-hydrogen) atoms. The lowest BCUT2D eigenvalue weighted by molar-refractivity contribution is -0.140. The van der Waals surface area contributed by atoms with Crippen molar-refractivity contribution in [3.05, 3.63) is 130 Å². The molecule has 0 radical (unpaired) electrons. The van der Waals surface area contributed by atoms with Gasteiger partial charge in [0.1, 0.15) is 12.6 Å². The van der Waals surface area contributed by atoms with E-state index < -0.39 is 28.5 Å². The fraction of sp³-hybridized carbons (Fsp3) is 0.278. The van der Waals surface area contributed by atoms with Crippen LogP contribution in [-0.2, 0) is 32.6 Å². The van der Waals surface area contributed by atoms with Gasteiger partial charge in [0.15, 0.2) is 0 Å². The highest BCUT2D eigenvalue weighted by atomic mass is 35.5. The minimum absolute atomic E-state index is 0.0525. The molecule has 9 heteroatoms. The molecular formula is C36H40ClN3O4S.